The predicted molar refractivity (Wildman–Crippen MR) is 72.3 cm³/mol. The zero-order valence-corrected chi connectivity index (χ0v) is 11.7. The van der Waals surface area contributed by atoms with Crippen LogP contribution in [0.4, 0.5) is 0 Å². The van der Waals surface area contributed by atoms with Gasteiger partial charge in [0.05, 0.1) is 0 Å². The van der Waals surface area contributed by atoms with E-state index in [1.807, 2.05) is 12.3 Å². The van der Waals surface area contributed by atoms with E-state index in [9.17, 15) is 8.42 Å². The smallest absolute Gasteiger partial charge is 0.277 e. The highest BCUT2D eigenvalue weighted by Crippen LogP contribution is 2.15. The normalized spacial score (nSPS) is 11.0. The second-order valence-electron chi connectivity index (χ2n) is 3.44. The number of thiophene rings is 1. The molecule has 0 spiro atoms. The first-order valence-electron chi connectivity index (χ1n) is 5.49. The summed E-state index contributed by atoms with van der Waals surface area (Å²) >= 11 is 1.43. The molecule has 0 bridgehead atoms. The Labute approximate surface area is 111 Å². The van der Waals surface area contributed by atoms with E-state index in [0.29, 0.717) is 6.54 Å². The van der Waals surface area contributed by atoms with E-state index in [1.165, 1.54) is 11.3 Å². The molecule has 5 nitrogen and oxygen atoms in total. The molecule has 3 N–H and O–H groups in total. The van der Waals surface area contributed by atoms with Crippen molar-refractivity contribution in [3.63, 3.8) is 0 Å². The molecule has 7 heteroatoms. The SMILES string of the molecule is CCCNS(=O)(=O)NCc1sccc1C#CCO. The minimum atomic E-state index is -3.45. The molecule has 0 aliphatic carbocycles. The van der Waals surface area contributed by atoms with E-state index in [2.05, 4.69) is 21.3 Å². The first-order valence-corrected chi connectivity index (χ1v) is 7.85. The lowest BCUT2D eigenvalue weighted by Gasteiger charge is -2.06. The predicted octanol–water partition coefficient (Wildman–Crippen LogP) is 0.426. The summed E-state index contributed by atoms with van der Waals surface area (Å²) in [4.78, 5) is 0.831. The van der Waals surface area contributed by atoms with Gasteiger partial charge in [0, 0.05) is 23.5 Å². The number of aliphatic hydroxyl groups is 1. The van der Waals surface area contributed by atoms with Crippen LogP contribution in [0.15, 0.2) is 11.4 Å². The van der Waals surface area contributed by atoms with Crippen LogP contribution in [-0.4, -0.2) is 26.7 Å². The number of hydrogen-bond donors (Lipinski definition) is 3. The second-order valence-corrected chi connectivity index (χ2v) is 6.02. The average Bonchev–Trinajstić information content (AvgIpc) is 2.79. The Morgan fingerprint density at radius 1 is 1.44 bits per heavy atom. The lowest BCUT2D eigenvalue weighted by molar-refractivity contribution is 0.350. The van der Waals surface area contributed by atoms with Crippen LogP contribution in [0.2, 0.25) is 0 Å². The van der Waals surface area contributed by atoms with E-state index < -0.39 is 10.2 Å². The Balaban J connectivity index is 2.61. The molecule has 1 heterocycles. The zero-order valence-electron chi connectivity index (χ0n) is 10.1. The van der Waals surface area contributed by atoms with Gasteiger partial charge in [-0.15, -0.1) is 11.3 Å². The molecule has 1 aromatic rings. The first kappa shape index (κ1) is 15.1. The van der Waals surface area contributed by atoms with Gasteiger partial charge >= 0.3 is 0 Å². The van der Waals surface area contributed by atoms with Crippen molar-refractivity contribution < 1.29 is 13.5 Å². The standard InChI is InChI=1S/C11H16N2O3S2/c1-2-6-12-18(15,16)13-9-11-10(4-3-7-14)5-8-17-11/h5,8,12-14H,2,6-7,9H2,1H3. The molecule has 0 atom stereocenters. The third-order valence-corrected chi connectivity index (χ3v) is 4.04. The fourth-order valence-electron chi connectivity index (χ4n) is 1.17. The lowest BCUT2D eigenvalue weighted by Crippen LogP contribution is -2.36. The number of hydrogen-bond acceptors (Lipinski definition) is 4. The topological polar surface area (TPSA) is 78.4 Å². The Hall–Kier alpha value is -0.910. The molecule has 0 fully saturated rings. The summed E-state index contributed by atoms with van der Waals surface area (Å²) < 4.78 is 27.9. The molecule has 0 aromatic carbocycles. The first-order chi connectivity index (χ1) is 8.59. The molecule has 0 saturated heterocycles. The average molecular weight is 288 g/mol. The van der Waals surface area contributed by atoms with Crippen molar-refractivity contribution in [1.82, 2.24) is 9.44 Å². The highest BCUT2D eigenvalue weighted by molar-refractivity contribution is 7.87. The minimum absolute atomic E-state index is 0.201. The maximum Gasteiger partial charge on any atom is 0.277 e. The van der Waals surface area contributed by atoms with E-state index in [0.717, 1.165) is 16.9 Å². The van der Waals surface area contributed by atoms with Crippen LogP contribution < -0.4 is 9.44 Å². The quantitative estimate of drug-likeness (QED) is 0.664. The van der Waals surface area contributed by atoms with Crippen molar-refractivity contribution in [3.8, 4) is 11.8 Å². The molecule has 18 heavy (non-hydrogen) atoms. The van der Waals surface area contributed by atoms with Crippen LogP contribution in [0.1, 0.15) is 23.8 Å². The molecule has 0 aliphatic rings. The number of rotatable bonds is 6. The molecule has 0 aliphatic heterocycles. The van der Waals surface area contributed by atoms with Crippen molar-refractivity contribution in [2.75, 3.05) is 13.2 Å². The van der Waals surface area contributed by atoms with Gasteiger partial charge in [-0.25, -0.2) is 4.72 Å². The largest absolute Gasteiger partial charge is 0.384 e. The Kier molecular flexibility index (Phi) is 6.32. The summed E-state index contributed by atoms with van der Waals surface area (Å²) in [5, 5.41) is 10.5. The van der Waals surface area contributed by atoms with Crippen LogP contribution in [0.3, 0.4) is 0 Å². The Morgan fingerprint density at radius 3 is 2.89 bits per heavy atom. The molecule has 0 amide bonds. The van der Waals surface area contributed by atoms with Gasteiger partial charge in [-0.1, -0.05) is 18.8 Å². The Morgan fingerprint density at radius 2 is 2.22 bits per heavy atom. The molecule has 1 aromatic heterocycles. The summed E-state index contributed by atoms with van der Waals surface area (Å²) in [6, 6.07) is 1.80. The van der Waals surface area contributed by atoms with Crippen LogP contribution >= 0.6 is 11.3 Å². The Bertz CT molecular complexity index is 526. The number of nitrogens with one attached hydrogen (secondary N) is 2. The van der Waals surface area contributed by atoms with Crippen LogP contribution in [0.25, 0.3) is 0 Å². The van der Waals surface area contributed by atoms with Crippen molar-refractivity contribution in [2.24, 2.45) is 0 Å². The maximum atomic E-state index is 11.5. The van der Waals surface area contributed by atoms with Gasteiger partial charge in [0.15, 0.2) is 0 Å². The maximum absolute atomic E-state index is 11.5. The molecule has 100 valence electrons. The van der Waals surface area contributed by atoms with Gasteiger partial charge in [0.2, 0.25) is 0 Å². The van der Waals surface area contributed by atoms with Crippen molar-refractivity contribution in [3.05, 3.63) is 21.9 Å². The van der Waals surface area contributed by atoms with Crippen molar-refractivity contribution >= 4 is 21.5 Å². The molecule has 1 rings (SSSR count). The summed E-state index contributed by atoms with van der Waals surface area (Å²) in [5.74, 6) is 5.32. The van der Waals surface area contributed by atoms with Gasteiger partial charge in [-0.05, 0) is 17.9 Å². The molecular weight excluding hydrogens is 272 g/mol. The van der Waals surface area contributed by atoms with E-state index >= 15 is 0 Å². The van der Waals surface area contributed by atoms with Crippen molar-refractivity contribution in [2.45, 2.75) is 19.9 Å². The molecule has 0 radical (unpaired) electrons. The highest BCUT2D eigenvalue weighted by atomic mass is 32.2. The molecule has 0 unspecified atom stereocenters. The van der Waals surface area contributed by atoms with Crippen LogP contribution in [0, 0.1) is 11.8 Å². The highest BCUT2D eigenvalue weighted by Gasteiger charge is 2.10. The summed E-state index contributed by atoms with van der Waals surface area (Å²) in [6.45, 7) is 2.30. The fraction of sp³-hybridized carbons (Fsp3) is 0.455. The van der Waals surface area contributed by atoms with Gasteiger partial charge in [0.25, 0.3) is 10.2 Å². The van der Waals surface area contributed by atoms with Gasteiger partial charge in [-0.2, -0.15) is 13.1 Å². The summed E-state index contributed by atoms with van der Waals surface area (Å²) in [6.07, 6.45) is 0.743. The third-order valence-electron chi connectivity index (χ3n) is 2.01. The van der Waals surface area contributed by atoms with E-state index in [-0.39, 0.29) is 13.2 Å². The molecule has 0 saturated carbocycles. The summed E-state index contributed by atoms with van der Waals surface area (Å²) in [5.41, 5.74) is 0.743. The minimum Gasteiger partial charge on any atom is -0.384 e. The van der Waals surface area contributed by atoms with Crippen LogP contribution in [-0.2, 0) is 16.8 Å². The van der Waals surface area contributed by atoms with Gasteiger partial charge in [0.1, 0.15) is 6.61 Å². The van der Waals surface area contributed by atoms with E-state index in [1.54, 1.807) is 6.07 Å². The second kappa shape index (κ2) is 7.51. The zero-order chi connectivity index (χ0) is 13.4. The van der Waals surface area contributed by atoms with E-state index in [4.69, 9.17) is 5.11 Å². The number of aliphatic hydroxyl groups excluding tert-OH is 1. The lowest BCUT2D eigenvalue weighted by atomic mass is 10.2. The van der Waals surface area contributed by atoms with Gasteiger partial charge < -0.3 is 5.11 Å². The monoisotopic (exact) mass is 288 g/mol. The van der Waals surface area contributed by atoms with Crippen molar-refractivity contribution in [1.29, 1.82) is 0 Å². The summed E-state index contributed by atoms with van der Waals surface area (Å²) in [7, 11) is -3.45. The molecular formula is C11H16N2O3S2. The van der Waals surface area contributed by atoms with Crippen LogP contribution in [0.5, 0.6) is 0 Å². The third kappa shape index (κ3) is 5.16. The van der Waals surface area contributed by atoms with Gasteiger partial charge in [-0.3, -0.25) is 0 Å². The fourth-order valence-corrected chi connectivity index (χ4v) is 2.94.